The van der Waals surface area contributed by atoms with Gasteiger partial charge >= 0.3 is 0 Å². The van der Waals surface area contributed by atoms with E-state index in [2.05, 4.69) is 0 Å². The van der Waals surface area contributed by atoms with Crippen molar-refractivity contribution in [2.24, 2.45) is 0 Å². The molecule has 19 nitrogen and oxygen atoms in total. The van der Waals surface area contributed by atoms with Crippen LogP contribution < -0.4 is 0 Å². The lowest BCUT2D eigenvalue weighted by Gasteiger charge is -2.47. The first kappa shape index (κ1) is 34.1. The van der Waals surface area contributed by atoms with Gasteiger partial charge in [-0.1, -0.05) is 0 Å². The highest BCUT2D eigenvalue weighted by Gasteiger charge is 2.53. The summed E-state index contributed by atoms with van der Waals surface area (Å²) in [6.07, 6.45) is -30.5. The standard InChI is InChI=1S/C23H40O19/c1-5-18(12(29)14(31)20(35)37-5)41-21-15(32)10(27)8(4-36-21)40-22-17(34)13(30)19(7(3-25)39-22)42-23-16(33)11(28)9(26)6(2-24)38-23/h5-35H,2-4H2,1H3/t5-,6+,7+,8-,9-,10-,11-,12-,13+,14+,15-,16-,17-,18-,19-,20-,21-,22-,23-/m1/s1. The Labute approximate surface area is 238 Å². The summed E-state index contributed by atoms with van der Waals surface area (Å²) >= 11 is 0. The highest BCUT2D eigenvalue weighted by atomic mass is 16.8. The zero-order chi connectivity index (χ0) is 31.0. The van der Waals surface area contributed by atoms with Crippen LogP contribution in [0.2, 0.25) is 0 Å². The number of hydrogen-bond donors (Lipinski definition) is 12. The van der Waals surface area contributed by atoms with Crippen LogP contribution >= 0.6 is 0 Å². The SMILES string of the molecule is C[C@H]1O[C@@H](O)[C@@H](O)[C@@H](O)[C@@H]1O[C@H]1OC[C@@H](O[C@H]2O[C@@H](CO)[C@@H](O[C@H]3O[C@@H](CO)[C@@H](O)[C@@H](O)[C@H]3O)[C@@H](O)[C@H]2O)[C@@H](O)[C@H]1O. The molecule has 0 aromatic carbocycles. The maximum absolute atomic E-state index is 10.7. The van der Waals surface area contributed by atoms with Gasteiger partial charge in [0.2, 0.25) is 0 Å². The lowest BCUT2D eigenvalue weighted by atomic mass is 9.96. The molecule has 0 spiro atoms. The summed E-state index contributed by atoms with van der Waals surface area (Å²) in [4.78, 5) is 0. The minimum absolute atomic E-state index is 0.469. The van der Waals surface area contributed by atoms with Crippen molar-refractivity contribution in [3.8, 4) is 0 Å². The van der Waals surface area contributed by atoms with Crippen molar-refractivity contribution in [2.45, 2.75) is 124 Å². The van der Waals surface area contributed by atoms with Gasteiger partial charge in [0.1, 0.15) is 85.5 Å². The van der Waals surface area contributed by atoms with Gasteiger partial charge in [0.25, 0.3) is 0 Å². The highest BCUT2D eigenvalue weighted by Crippen LogP contribution is 2.32. The fourth-order valence-corrected chi connectivity index (χ4v) is 5.21. The molecule has 4 heterocycles. The predicted octanol–water partition coefficient (Wildman–Crippen LogP) is -8.08. The van der Waals surface area contributed by atoms with Crippen LogP contribution in [0.25, 0.3) is 0 Å². The first-order valence-corrected chi connectivity index (χ1v) is 13.4. The maximum atomic E-state index is 10.7. The molecule has 0 unspecified atom stereocenters. The monoisotopic (exact) mass is 620 g/mol. The van der Waals surface area contributed by atoms with Gasteiger partial charge in [-0.3, -0.25) is 0 Å². The topological polar surface area (TPSA) is 307 Å². The zero-order valence-electron chi connectivity index (χ0n) is 22.3. The van der Waals surface area contributed by atoms with E-state index in [1.807, 2.05) is 0 Å². The molecular formula is C23H40O19. The van der Waals surface area contributed by atoms with Crippen LogP contribution in [0.4, 0.5) is 0 Å². The Bertz CT molecular complexity index is 851. The normalized spacial score (nSPS) is 54.1. The zero-order valence-corrected chi connectivity index (χ0v) is 22.3. The van der Waals surface area contributed by atoms with Gasteiger partial charge in [-0.15, -0.1) is 0 Å². The molecule has 0 saturated carbocycles. The molecule has 4 rings (SSSR count). The summed E-state index contributed by atoms with van der Waals surface area (Å²) in [6, 6.07) is 0. The maximum Gasteiger partial charge on any atom is 0.187 e. The molecule has 0 radical (unpaired) electrons. The third kappa shape index (κ3) is 6.74. The molecule has 0 aliphatic carbocycles. The van der Waals surface area contributed by atoms with Crippen molar-refractivity contribution < 1.29 is 94.4 Å². The van der Waals surface area contributed by atoms with Gasteiger partial charge in [-0.25, -0.2) is 0 Å². The Hall–Kier alpha value is -0.760. The van der Waals surface area contributed by atoms with Gasteiger partial charge in [0.05, 0.1) is 25.9 Å². The van der Waals surface area contributed by atoms with E-state index in [4.69, 9.17) is 33.2 Å². The molecule has 4 aliphatic heterocycles. The van der Waals surface area contributed by atoms with Crippen molar-refractivity contribution in [1.29, 1.82) is 0 Å². The fourth-order valence-electron chi connectivity index (χ4n) is 5.21. The van der Waals surface area contributed by atoms with E-state index < -0.39 is 137 Å². The Morgan fingerprint density at radius 1 is 0.524 bits per heavy atom. The van der Waals surface area contributed by atoms with Gasteiger partial charge in [-0.2, -0.15) is 0 Å². The molecule has 42 heavy (non-hydrogen) atoms. The van der Waals surface area contributed by atoms with E-state index in [0.717, 1.165) is 0 Å². The van der Waals surface area contributed by atoms with E-state index >= 15 is 0 Å². The molecule has 4 saturated heterocycles. The van der Waals surface area contributed by atoms with Crippen molar-refractivity contribution in [1.82, 2.24) is 0 Å². The van der Waals surface area contributed by atoms with Gasteiger partial charge in [0.15, 0.2) is 25.2 Å². The lowest BCUT2D eigenvalue weighted by molar-refractivity contribution is -0.377. The second kappa shape index (κ2) is 14.1. The Balaban J connectivity index is 1.36. The third-order valence-electron chi connectivity index (χ3n) is 7.79. The summed E-state index contributed by atoms with van der Waals surface area (Å²) < 4.78 is 37.8. The van der Waals surface area contributed by atoms with Crippen molar-refractivity contribution in [3.05, 3.63) is 0 Å². The van der Waals surface area contributed by atoms with Crippen molar-refractivity contribution in [2.75, 3.05) is 19.8 Å². The molecule has 0 amide bonds. The smallest absolute Gasteiger partial charge is 0.187 e. The average Bonchev–Trinajstić information content (AvgIpc) is 2.97. The number of aliphatic hydroxyl groups excluding tert-OH is 12. The predicted molar refractivity (Wildman–Crippen MR) is 126 cm³/mol. The molecule has 12 N–H and O–H groups in total. The minimum atomic E-state index is -1.90. The molecule has 19 heteroatoms. The fraction of sp³-hybridized carbons (Fsp3) is 1.00. The largest absolute Gasteiger partial charge is 0.394 e. The molecule has 0 aromatic rings. The summed E-state index contributed by atoms with van der Waals surface area (Å²) in [5, 5.41) is 122. The lowest BCUT2D eigenvalue weighted by Crippen LogP contribution is -2.66. The molecule has 0 bridgehead atoms. The van der Waals surface area contributed by atoms with Crippen LogP contribution in [0.15, 0.2) is 0 Å². The van der Waals surface area contributed by atoms with Gasteiger partial charge < -0.3 is 94.4 Å². The quantitative estimate of drug-likeness (QED) is 0.120. The van der Waals surface area contributed by atoms with Gasteiger partial charge in [0, 0.05) is 0 Å². The van der Waals surface area contributed by atoms with Crippen LogP contribution in [0.3, 0.4) is 0 Å². The molecule has 19 atom stereocenters. The number of aliphatic hydroxyl groups is 12. The highest BCUT2D eigenvalue weighted by molar-refractivity contribution is 4.95. The summed E-state index contributed by atoms with van der Waals surface area (Å²) in [5.74, 6) is 0. The minimum Gasteiger partial charge on any atom is -0.394 e. The molecule has 0 aromatic heterocycles. The van der Waals surface area contributed by atoms with Crippen molar-refractivity contribution in [3.63, 3.8) is 0 Å². The molecule has 4 fully saturated rings. The van der Waals surface area contributed by atoms with E-state index in [9.17, 15) is 61.3 Å². The summed E-state index contributed by atoms with van der Waals surface area (Å²) in [7, 11) is 0. The Morgan fingerprint density at radius 2 is 1.05 bits per heavy atom. The third-order valence-corrected chi connectivity index (χ3v) is 7.79. The molecule has 4 aliphatic rings. The average molecular weight is 621 g/mol. The van der Waals surface area contributed by atoms with E-state index in [0.29, 0.717) is 0 Å². The van der Waals surface area contributed by atoms with Crippen LogP contribution in [0, 0.1) is 0 Å². The Morgan fingerprint density at radius 3 is 1.69 bits per heavy atom. The number of hydrogen-bond acceptors (Lipinski definition) is 19. The van der Waals surface area contributed by atoms with Crippen LogP contribution in [-0.2, 0) is 33.2 Å². The van der Waals surface area contributed by atoms with Crippen LogP contribution in [0.5, 0.6) is 0 Å². The first-order chi connectivity index (χ1) is 19.8. The Kier molecular flexibility index (Phi) is 11.5. The summed E-state index contributed by atoms with van der Waals surface area (Å²) in [5.41, 5.74) is 0. The van der Waals surface area contributed by atoms with E-state index in [-0.39, 0.29) is 0 Å². The van der Waals surface area contributed by atoms with Crippen LogP contribution in [-0.4, -0.2) is 198 Å². The van der Waals surface area contributed by atoms with Gasteiger partial charge in [-0.05, 0) is 6.92 Å². The van der Waals surface area contributed by atoms with E-state index in [1.165, 1.54) is 6.92 Å². The summed E-state index contributed by atoms with van der Waals surface area (Å²) in [6.45, 7) is -0.610. The number of rotatable bonds is 8. The second-order valence-electron chi connectivity index (χ2n) is 10.7. The van der Waals surface area contributed by atoms with Crippen LogP contribution in [0.1, 0.15) is 6.92 Å². The molecular weight excluding hydrogens is 580 g/mol. The first-order valence-electron chi connectivity index (χ1n) is 13.4. The van der Waals surface area contributed by atoms with Crippen molar-refractivity contribution >= 4 is 0 Å². The van der Waals surface area contributed by atoms with E-state index in [1.54, 1.807) is 0 Å². The molecule has 246 valence electrons. The second-order valence-corrected chi connectivity index (χ2v) is 10.7. The number of ether oxygens (including phenoxy) is 7.